The molecule has 0 bridgehead atoms. The van der Waals surface area contributed by atoms with Crippen LogP contribution in [0.15, 0.2) is 53.4 Å². The Morgan fingerprint density at radius 1 is 1.20 bits per heavy atom. The normalized spacial score (nSPS) is 15.8. The summed E-state index contributed by atoms with van der Waals surface area (Å²) in [5, 5.41) is 3.28. The Kier molecular flexibility index (Phi) is 5.40. The second kappa shape index (κ2) is 7.72. The molecule has 1 aliphatic heterocycles. The Bertz CT molecular complexity index is 849. The van der Waals surface area contributed by atoms with Gasteiger partial charge in [-0.2, -0.15) is 0 Å². The van der Waals surface area contributed by atoms with Crippen LogP contribution in [0.4, 0.5) is 5.69 Å². The molecule has 0 aliphatic carbocycles. The van der Waals surface area contributed by atoms with E-state index in [1.165, 1.54) is 11.8 Å². The van der Waals surface area contributed by atoms with Crippen molar-refractivity contribution in [3.63, 3.8) is 0 Å². The highest BCUT2D eigenvalue weighted by Gasteiger charge is 2.32. The van der Waals surface area contributed by atoms with Crippen molar-refractivity contribution >= 4 is 46.0 Å². The minimum atomic E-state index is -0.0954. The quantitative estimate of drug-likeness (QED) is 0.629. The highest BCUT2D eigenvalue weighted by molar-refractivity contribution is 8.26. The highest BCUT2D eigenvalue weighted by Crippen LogP contribution is 2.34. The van der Waals surface area contributed by atoms with Crippen molar-refractivity contribution in [2.45, 2.75) is 6.92 Å². The van der Waals surface area contributed by atoms with Crippen molar-refractivity contribution in [3.8, 4) is 5.75 Å². The zero-order valence-electron chi connectivity index (χ0n) is 14.0. The van der Waals surface area contributed by atoms with E-state index in [-0.39, 0.29) is 5.91 Å². The van der Waals surface area contributed by atoms with Crippen molar-refractivity contribution in [1.29, 1.82) is 0 Å². The molecule has 0 spiro atoms. The summed E-state index contributed by atoms with van der Waals surface area (Å²) in [6, 6.07) is 15.5. The van der Waals surface area contributed by atoms with Gasteiger partial charge in [-0.25, -0.2) is 0 Å². The number of rotatable bonds is 5. The van der Waals surface area contributed by atoms with Gasteiger partial charge in [-0.3, -0.25) is 9.69 Å². The molecule has 2 aromatic carbocycles. The first-order valence-electron chi connectivity index (χ1n) is 7.78. The molecule has 0 aromatic heterocycles. The molecule has 0 atom stereocenters. The molecule has 6 heteroatoms. The standard InChI is InChI=1S/C19H18N2O2S2/c1-13-7-3-5-9-15(13)20-12-21-18(22)17(25-19(21)24)11-14-8-4-6-10-16(14)23-2/h3-11,20H,12H2,1-2H3/b17-11+. The molecular weight excluding hydrogens is 352 g/mol. The van der Waals surface area contributed by atoms with Gasteiger partial charge >= 0.3 is 0 Å². The number of hydrogen-bond donors (Lipinski definition) is 1. The molecule has 1 fully saturated rings. The predicted octanol–water partition coefficient (Wildman–Crippen LogP) is 4.27. The number of thioether (sulfide) groups is 1. The van der Waals surface area contributed by atoms with Crippen LogP contribution in [0.3, 0.4) is 0 Å². The molecule has 1 amide bonds. The first kappa shape index (κ1) is 17.5. The van der Waals surface area contributed by atoms with Gasteiger partial charge in [0.25, 0.3) is 5.91 Å². The van der Waals surface area contributed by atoms with E-state index >= 15 is 0 Å². The van der Waals surface area contributed by atoms with Crippen molar-refractivity contribution in [3.05, 3.63) is 64.6 Å². The average molecular weight is 370 g/mol. The van der Waals surface area contributed by atoms with E-state index in [2.05, 4.69) is 5.32 Å². The summed E-state index contributed by atoms with van der Waals surface area (Å²) >= 11 is 6.68. The van der Waals surface area contributed by atoms with Crippen LogP contribution in [0.2, 0.25) is 0 Å². The molecule has 2 aromatic rings. The fraction of sp³-hybridized carbons (Fsp3) is 0.158. The number of para-hydroxylation sites is 2. The fourth-order valence-electron chi connectivity index (χ4n) is 2.50. The number of methoxy groups -OCH3 is 1. The number of amides is 1. The lowest BCUT2D eigenvalue weighted by molar-refractivity contribution is -0.121. The summed E-state index contributed by atoms with van der Waals surface area (Å²) in [5.41, 5.74) is 2.97. The van der Waals surface area contributed by atoms with Crippen LogP contribution in [0.25, 0.3) is 6.08 Å². The second-order valence-electron chi connectivity index (χ2n) is 5.50. The third-order valence-electron chi connectivity index (χ3n) is 3.87. The zero-order valence-corrected chi connectivity index (χ0v) is 15.6. The summed E-state index contributed by atoms with van der Waals surface area (Å²) < 4.78 is 5.89. The Morgan fingerprint density at radius 2 is 1.92 bits per heavy atom. The third-order valence-corrected chi connectivity index (χ3v) is 5.25. The number of aryl methyl sites for hydroxylation is 1. The molecule has 3 rings (SSSR count). The molecule has 0 radical (unpaired) electrons. The van der Waals surface area contributed by atoms with E-state index in [1.54, 1.807) is 12.0 Å². The molecule has 0 saturated carbocycles. The zero-order chi connectivity index (χ0) is 17.8. The van der Waals surface area contributed by atoms with Crippen LogP contribution in [0.5, 0.6) is 5.75 Å². The number of carbonyl (C=O) groups excluding carboxylic acids is 1. The summed E-state index contributed by atoms with van der Waals surface area (Å²) in [6.07, 6.45) is 1.83. The maximum absolute atomic E-state index is 12.7. The van der Waals surface area contributed by atoms with Crippen LogP contribution in [-0.2, 0) is 4.79 Å². The molecule has 1 saturated heterocycles. The average Bonchev–Trinajstić information content (AvgIpc) is 2.88. The monoisotopic (exact) mass is 370 g/mol. The summed E-state index contributed by atoms with van der Waals surface area (Å²) in [7, 11) is 1.62. The molecule has 25 heavy (non-hydrogen) atoms. The molecule has 128 valence electrons. The Balaban J connectivity index is 1.76. The Morgan fingerprint density at radius 3 is 2.68 bits per heavy atom. The number of nitrogens with zero attached hydrogens (tertiary/aromatic N) is 1. The lowest BCUT2D eigenvalue weighted by atomic mass is 10.2. The van der Waals surface area contributed by atoms with Crippen LogP contribution in [0.1, 0.15) is 11.1 Å². The van der Waals surface area contributed by atoms with Gasteiger partial charge < -0.3 is 10.1 Å². The smallest absolute Gasteiger partial charge is 0.267 e. The summed E-state index contributed by atoms with van der Waals surface area (Å²) in [4.78, 5) is 14.9. The highest BCUT2D eigenvalue weighted by atomic mass is 32.2. The maximum Gasteiger partial charge on any atom is 0.267 e. The molecule has 1 N–H and O–H groups in total. The van der Waals surface area contributed by atoms with Crippen molar-refractivity contribution in [2.75, 3.05) is 19.1 Å². The minimum absolute atomic E-state index is 0.0954. The van der Waals surface area contributed by atoms with Crippen molar-refractivity contribution < 1.29 is 9.53 Å². The van der Waals surface area contributed by atoms with Gasteiger partial charge in [0.1, 0.15) is 10.1 Å². The van der Waals surface area contributed by atoms with Crippen molar-refractivity contribution in [1.82, 2.24) is 4.90 Å². The third kappa shape index (κ3) is 3.86. The van der Waals surface area contributed by atoms with Crippen LogP contribution >= 0.6 is 24.0 Å². The number of carbonyl (C=O) groups is 1. The molecule has 1 aliphatic rings. The number of thiocarbonyl (C=S) groups is 1. The van der Waals surface area contributed by atoms with E-state index in [4.69, 9.17) is 17.0 Å². The predicted molar refractivity (Wildman–Crippen MR) is 108 cm³/mol. The lowest BCUT2D eigenvalue weighted by Crippen LogP contribution is -2.33. The van der Waals surface area contributed by atoms with E-state index in [1.807, 2.05) is 61.5 Å². The topological polar surface area (TPSA) is 41.6 Å². The van der Waals surface area contributed by atoms with E-state index < -0.39 is 0 Å². The van der Waals surface area contributed by atoms with Gasteiger partial charge in [0, 0.05) is 11.3 Å². The van der Waals surface area contributed by atoms with Crippen LogP contribution in [0, 0.1) is 6.92 Å². The van der Waals surface area contributed by atoms with Gasteiger partial charge in [-0.15, -0.1) is 0 Å². The second-order valence-corrected chi connectivity index (χ2v) is 7.18. The van der Waals surface area contributed by atoms with Gasteiger partial charge in [0.15, 0.2) is 0 Å². The van der Waals surface area contributed by atoms with E-state index in [0.717, 1.165) is 22.6 Å². The molecule has 4 nitrogen and oxygen atoms in total. The minimum Gasteiger partial charge on any atom is -0.496 e. The first-order chi connectivity index (χ1) is 12.1. The lowest BCUT2D eigenvalue weighted by Gasteiger charge is -2.17. The largest absolute Gasteiger partial charge is 0.496 e. The molecular formula is C19H18N2O2S2. The first-order valence-corrected chi connectivity index (χ1v) is 9.00. The number of hydrogen-bond acceptors (Lipinski definition) is 5. The number of nitrogens with one attached hydrogen (secondary N) is 1. The van der Waals surface area contributed by atoms with E-state index in [0.29, 0.717) is 15.9 Å². The van der Waals surface area contributed by atoms with Crippen LogP contribution in [-0.4, -0.2) is 28.9 Å². The molecule has 1 heterocycles. The van der Waals surface area contributed by atoms with Crippen LogP contribution < -0.4 is 10.1 Å². The SMILES string of the molecule is COc1ccccc1/C=C1/SC(=S)N(CNc2ccccc2C)C1=O. The molecule has 0 unspecified atom stereocenters. The van der Waals surface area contributed by atoms with Gasteiger partial charge in [-0.05, 0) is 30.7 Å². The van der Waals surface area contributed by atoms with E-state index in [9.17, 15) is 4.79 Å². The van der Waals surface area contributed by atoms with Gasteiger partial charge in [-0.1, -0.05) is 60.4 Å². The number of ether oxygens (including phenoxy) is 1. The Labute approximate surface area is 156 Å². The number of anilines is 1. The summed E-state index contributed by atoms with van der Waals surface area (Å²) in [6.45, 7) is 2.37. The summed E-state index contributed by atoms with van der Waals surface area (Å²) in [5.74, 6) is 0.632. The Hall–Kier alpha value is -2.31. The van der Waals surface area contributed by atoms with Crippen molar-refractivity contribution in [2.24, 2.45) is 0 Å². The van der Waals surface area contributed by atoms with Gasteiger partial charge in [0.2, 0.25) is 0 Å². The maximum atomic E-state index is 12.7. The fourth-order valence-corrected chi connectivity index (χ4v) is 3.74. The van der Waals surface area contributed by atoms with Gasteiger partial charge in [0.05, 0.1) is 18.7 Å². The number of benzene rings is 2.